The summed E-state index contributed by atoms with van der Waals surface area (Å²) >= 11 is 0. The van der Waals surface area contributed by atoms with Crippen molar-refractivity contribution in [3.63, 3.8) is 0 Å². The molecule has 2 aromatic rings. The van der Waals surface area contributed by atoms with E-state index in [2.05, 4.69) is 5.32 Å². The minimum absolute atomic E-state index is 0.0172. The van der Waals surface area contributed by atoms with Crippen molar-refractivity contribution < 1.29 is 14.0 Å². The first-order valence-corrected chi connectivity index (χ1v) is 9.38. The van der Waals surface area contributed by atoms with Gasteiger partial charge in [0.05, 0.1) is 11.8 Å². The van der Waals surface area contributed by atoms with E-state index in [1.807, 2.05) is 35.2 Å². The second kappa shape index (κ2) is 5.81. The van der Waals surface area contributed by atoms with Gasteiger partial charge < -0.3 is 14.6 Å². The van der Waals surface area contributed by atoms with Crippen LogP contribution >= 0.6 is 0 Å². The minimum Gasteiger partial charge on any atom is -0.469 e. The van der Waals surface area contributed by atoms with E-state index in [4.69, 9.17) is 9.41 Å². The largest absolute Gasteiger partial charge is 0.469 e. The molecule has 3 heterocycles. The fraction of sp³-hybridized carbons (Fsp3) is 0.381. The normalized spacial score (nSPS) is 29.1. The van der Waals surface area contributed by atoms with Crippen LogP contribution in [0.15, 0.2) is 52.1 Å². The van der Waals surface area contributed by atoms with Crippen molar-refractivity contribution in [2.24, 2.45) is 16.8 Å². The third kappa shape index (κ3) is 2.36. The molecule has 6 heteroatoms. The highest BCUT2D eigenvalue weighted by Crippen LogP contribution is 2.49. The van der Waals surface area contributed by atoms with Gasteiger partial charge in [-0.1, -0.05) is 30.3 Å². The van der Waals surface area contributed by atoms with Crippen molar-refractivity contribution >= 4 is 17.6 Å². The molecule has 3 atom stereocenters. The number of nitrogens with one attached hydrogen (secondary N) is 1. The molecule has 1 saturated heterocycles. The Kier molecular flexibility index (Phi) is 3.50. The van der Waals surface area contributed by atoms with Crippen LogP contribution in [0.5, 0.6) is 0 Å². The summed E-state index contributed by atoms with van der Waals surface area (Å²) in [5.74, 6) is 1.62. The van der Waals surface area contributed by atoms with Crippen LogP contribution < -0.4 is 5.32 Å². The zero-order valence-corrected chi connectivity index (χ0v) is 15.1. The van der Waals surface area contributed by atoms with Crippen LogP contribution in [0.2, 0.25) is 0 Å². The van der Waals surface area contributed by atoms with Gasteiger partial charge in [0.1, 0.15) is 17.1 Å². The molecule has 1 spiro atoms. The molecule has 0 unspecified atom stereocenters. The predicted octanol–water partition coefficient (Wildman–Crippen LogP) is 2.39. The van der Waals surface area contributed by atoms with E-state index in [1.54, 1.807) is 19.3 Å². The SMILES string of the molecule is Cc1occc1C(=O)N1C[C@H]2CC[C@@]3(N=C(c4ccccc4)NC3=O)[C@H]2C1. The van der Waals surface area contributed by atoms with E-state index in [0.717, 1.165) is 18.4 Å². The Hall–Kier alpha value is -2.89. The van der Waals surface area contributed by atoms with E-state index >= 15 is 0 Å². The molecular weight excluding hydrogens is 342 g/mol. The number of furan rings is 1. The Labute approximate surface area is 157 Å². The average molecular weight is 363 g/mol. The van der Waals surface area contributed by atoms with Gasteiger partial charge in [-0.3, -0.25) is 14.6 Å². The summed E-state index contributed by atoms with van der Waals surface area (Å²) in [6, 6.07) is 11.5. The highest BCUT2D eigenvalue weighted by molar-refractivity contribution is 6.15. The number of aryl methyl sites for hydroxylation is 1. The highest BCUT2D eigenvalue weighted by Gasteiger charge is 2.59. The lowest BCUT2D eigenvalue weighted by Gasteiger charge is -2.25. The number of amides is 2. The smallest absolute Gasteiger partial charge is 0.257 e. The molecule has 2 aliphatic heterocycles. The topological polar surface area (TPSA) is 74.9 Å². The van der Waals surface area contributed by atoms with Crippen molar-refractivity contribution in [1.82, 2.24) is 10.2 Å². The quantitative estimate of drug-likeness (QED) is 0.890. The summed E-state index contributed by atoms with van der Waals surface area (Å²) in [5.41, 5.74) is 0.788. The van der Waals surface area contributed by atoms with Gasteiger partial charge in [0.15, 0.2) is 0 Å². The monoisotopic (exact) mass is 363 g/mol. The molecule has 3 aliphatic rings. The molecular formula is C21H21N3O3. The van der Waals surface area contributed by atoms with Crippen molar-refractivity contribution in [3.8, 4) is 0 Å². The summed E-state index contributed by atoms with van der Waals surface area (Å²) in [7, 11) is 0. The maximum atomic E-state index is 12.9. The number of aliphatic imine (C=N–C) groups is 1. The van der Waals surface area contributed by atoms with E-state index in [9.17, 15) is 9.59 Å². The standard InChI is InChI=1S/C21H21N3O3/c1-13-16(8-10-27-13)19(25)24-11-15-7-9-21(17(15)12-24)20(26)22-18(23-21)14-5-3-2-4-6-14/h2-6,8,10,15,17H,7,9,11-12H2,1H3,(H,22,23,26)/t15-,17+,21-/m1/s1. The summed E-state index contributed by atoms with van der Waals surface area (Å²) in [4.78, 5) is 32.5. The third-order valence-corrected chi connectivity index (χ3v) is 6.31. The Morgan fingerprint density at radius 1 is 1.26 bits per heavy atom. The Balaban J connectivity index is 1.43. The maximum absolute atomic E-state index is 12.9. The molecule has 2 fully saturated rings. The molecule has 27 heavy (non-hydrogen) atoms. The van der Waals surface area contributed by atoms with Gasteiger partial charge in [0.2, 0.25) is 0 Å². The van der Waals surface area contributed by atoms with Crippen LogP contribution in [-0.2, 0) is 4.79 Å². The molecule has 138 valence electrons. The number of fused-ring (bicyclic) bond motifs is 2. The zero-order chi connectivity index (χ0) is 18.6. The lowest BCUT2D eigenvalue weighted by atomic mass is 9.85. The molecule has 1 aliphatic carbocycles. The molecule has 0 bridgehead atoms. The van der Waals surface area contributed by atoms with E-state index in [-0.39, 0.29) is 17.7 Å². The lowest BCUT2D eigenvalue weighted by Crippen LogP contribution is -2.45. The summed E-state index contributed by atoms with van der Waals surface area (Å²) in [6.45, 7) is 3.04. The second-order valence-electron chi connectivity index (χ2n) is 7.71. The minimum atomic E-state index is -0.740. The van der Waals surface area contributed by atoms with Crippen LogP contribution in [0.3, 0.4) is 0 Å². The Morgan fingerprint density at radius 3 is 2.81 bits per heavy atom. The molecule has 1 N–H and O–H groups in total. The van der Waals surface area contributed by atoms with Crippen LogP contribution in [0.1, 0.15) is 34.5 Å². The number of hydrogen-bond donors (Lipinski definition) is 1. The number of nitrogens with zero attached hydrogens (tertiary/aromatic N) is 2. The summed E-state index contributed by atoms with van der Waals surface area (Å²) in [6.07, 6.45) is 3.21. The van der Waals surface area contributed by atoms with Gasteiger partial charge in [0.25, 0.3) is 11.8 Å². The predicted molar refractivity (Wildman–Crippen MR) is 99.4 cm³/mol. The van der Waals surface area contributed by atoms with Crippen LogP contribution in [0.4, 0.5) is 0 Å². The number of carbonyl (C=O) groups excluding carboxylic acids is 2. The Bertz CT molecular complexity index is 949. The molecule has 2 amide bonds. The first-order chi connectivity index (χ1) is 13.1. The number of likely N-dealkylation sites (tertiary alicyclic amines) is 1. The van der Waals surface area contributed by atoms with Crippen molar-refractivity contribution in [3.05, 3.63) is 59.5 Å². The van der Waals surface area contributed by atoms with Crippen molar-refractivity contribution in [2.75, 3.05) is 13.1 Å². The van der Waals surface area contributed by atoms with Crippen LogP contribution in [0.25, 0.3) is 0 Å². The number of carbonyl (C=O) groups is 2. The van der Waals surface area contributed by atoms with Crippen molar-refractivity contribution in [2.45, 2.75) is 25.3 Å². The van der Waals surface area contributed by atoms with E-state index in [1.165, 1.54) is 0 Å². The highest BCUT2D eigenvalue weighted by atomic mass is 16.3. The number of amidine groups is 1. The fourth-order valence-electron chi connectivity index (χ4n) is 4.89. The first kappa shape index (κ1) is 16.3. The number of rotatable bonds is 2. The summed E-state index contributed by atoms with van der Waals surface area (Å²) in [5, 5.41) is 2.99. The summed E-state index contributed by atoms with van der Waals surface area (Å²) < 4.78 is 5.28. The van der Waals surface area contributed by atoms with Crippen LogP contribution in [0, 0.1) is 18.8 Å². The van der Waals surface area contributed by atoms with Gasteiger partial charge in [-0.05, 0) is 31.7 Å². The van der Waals surface area contributed by atoms with Gasteiger partial charge in [-0.2, -0.15) is 0 Å². The van der Waals surface area contributed by atoms with Gasteiger partial charge in [-0.15, -0.1) is 0 Å². The molecule has 1 aromatic heterocycles. The molecule has 5 rings (SSSR count). The number of hydrogen-bond acceptors (Lipinski definition) is 4. The zero-order valence-electron chi connectivity index (χ0n) is 15.1. The Morgan fingerprint density at radius 2 is 2.07 bits per heavy atom. The molecule has 6 nitrogen and oxygen atoms in total. The lowest BCUT2D eigenvalue weighted by molar-refractivity contribution is -0.124. The van der Waals surface area contributed by atoms with Gasteiger partial charge in [-0.25, -0.2) is 0 Å². The fourth-order valence-corrected chi connectivity index (χ4v) is 4.89. The molecule has 1 aromatic carbocycles. The average Bonchev–Trinajstić information content (AvgIpc) is 3.42. The maximum Gasteiger partial charge on any atom is 0.257 e. The van der Waals surface area contributed by atoms with Gasteiger partial charge >= 0.3 is 0 Å². The van der Waals surface area contributed by atoms with Gasteiger partial charge in [0, 0.05) is 24.6 Å². The van der Waals surface area contributed by atoms with E-state index < -0.39 is 5.54 Å². The van der Waals surface area contributed by atoms with Crippen LogP contribution in [-0.4, -0.2) is 41.2 Å². The van der Waals surface area contributed by atoms with Crippen molar-refractivity contribution in [1.29, 1.82) is 0 Å². The molecule has 0 radical (unpaired) electrons. The first-order valence-electron chi connectivity index (χ1n) is 9.38. The van der Waals surface area contributed by atoms with E-state index in [0.29, 0.717) is 36.2 Å². The molecule has 1 saturated carbocycles. The third-order valence-electron chi connectivity index (χ3n) is 6.31. The second-order valence-corrected chi connectivity index (χ2v) is 7.71. The number of benzene rings is 1.